The molecular weight excluding hydrogens is 256 g/mol. The van der Waals surface area contributed by atoms with Gasteiger partial charge in [-0.15, -0.1) is 0 Å². The lowest BCUT2D eigenvalue weighted by atomic mass is 10.2. The highest BCUT2D eigenvalue weighted by Crippen LogP contribution is 2.35. The molecule has 6 nitrogen and oxygen atoms in total. The minimum Gasteiger partial charge on any atom is -0.506 e. The Bertz CT molecular complexity index is 605. The summed E-state index contributed by atoms with van der Waals surface area (Å²) in [5.74, 6) is -0.608. The van der Waals surface area contributed by atoms with E-state index in [-0.39, 0.29) is 16.3 Å². The summed E-state index contributed by atoms with van der Waals surface area (Å²) < 4.78 is 22.7. The summed E-state index contributed by atoms with van der Waals surface area (Å²) in [4.78, 5) is 11.7. The Balaban J connectivity index is 2.30. The predicted molar refractivity (Wildman–Crippen MR) is 66.0 cm³/mol. The number of rotatable bonds is 3. The number of carbonyl (C=O) groups excluding carboxylic acids is 1. The molecule has 0 aliphatic heterocycles. The van der Waals surface area contributed by atoms with Crippen molar-refractivity contribution in [3.63, 3.8) is 0 Å². The van der Waals surface area contributed by atoms with Crippen LogP contribution in [0.3, 0.4) is 0 Å². The Morgan fingerprint density at radius 1 is 1.44 bits per heavy atom. The lowest BCUT2D eigenvalue weighted by Gasteiger charge is -2.12. The smallest absolute Gasteiger partial charge is 0.244 e. The van der Waals surface area contributed by atoms with E-state index in [4.69, 9.17) is 5.73 Å². The quantitative estimate of drug-likeness (QED) is 0.681. The van der Waals surface area contributed by atoms with Crippen molar-refractivity contribution >= 4 is 21.4 Å². The molecule has 0 bridgehead atoms. The first-order valence-corrected chi connectivity index (χ1v) is 7.25. The molecule has 0 heterocycles. The molecule has 1 saturated carbocycles. The van der Waals surface area contributed by atoms with Gasteiger partial charge in [0.2, 0.25) is 5.91 Å². The molecule has 1 aliphatic carbocycles. The summed E-state index contributed by atoms with van der Waals surface area (Å²) in [6, 6.07) is 3.71. The van der Waals surface area contributed by atoms with E-state index < -0.39 is 21.3 Å². The van der Waals surface area contributed by atoms with Gasteiger partial charge in [-0.1, -0.05) is 0 Å². The van der Waals surface area contributed by atoms with E-state index in [9.17, 15) is 18.3 Å². The maximum absolute atomic E-state index is 11.7. The van der Waals surface area contributed by atoms with Crippen LogP contribution >= 0.6 is 0 Å². The molecular formula is C11H14N2O4S. The number of nitrogens with two attached hydrogens (primary N) is 1. The number of anilines is 1. The van der Waals surface area contributed by atoms with Crippen LogP contribution in [0.25, 0.3) is 0 Å². The number of benzene rings is 1. The van der Waals surface area contributed by atoms with Gasteiger partial charge in [0.05, 0.1) is 16.1 Å². The molecule has 1 aromatic rings. The first-order chi connectivity index (χ1) is 8.22. The molecule has 0 atom stereocenters. The summed E-state index contributed by atoms with van der Waals surface area (Å²) in [5.41, 5.74) is 4.87. The summed E-state index contributed by atoms with van der Waals surface area (Å²) in [5, 5.41) is 12.0. The van der Waals surface area contributed by atoms with Gasteiger partial charge in [-0.2, -0.15) is 0 Å². The van der Waals surface area contributed by atoms with Crippen LogP contribution in [0.15, 0.2) is 23.1 Å². The highest BCUT2D eigenvalue weighted by molar-refractivity contribution is 7.90. The molecule has 1 amide bonds. The van der Waals surface area contributed by atoms with Gasteiger partial charge in [0.15, 0.2) is 9.84 Å². The standard InChI is InChI=1S/C11H14N2O4S/c1-18(16,17)7-2-3-9(14)8(6-7)13-10(15)11(12)4-5-11/h2-3,6,14H,4-5,12H2,1H3,(H,13,15). The van der Waals surface area contributed by atoms with Gasteiger partial charge >= 0.3 is 0 Å². The Hall–Kier alpha value is -1.60. The molecule has 18 heavy (non-hydrogen) atoms. The van der Waals surface area contributed by atoms with Crippen molar-refractivity contribution in [1.29, 1.82) is 0 Å². The third-order valence-corrected chi connectivity index (χ3v) is 4.00. The molecule has 0 saturated heterocycles. The van der Waals surface area contributed by atoms with E-state index in [2.05, 4.69) is 5.32 Å². The van der Waals surface area contributed by atoms with Crippen molar-refractivity contribution in [2.45, 2.75) is 23.3 Å². The van der Waals surface area contributed by atoms with Gasteiger partial charge in [-0.05, 0) is 31.0 Å². The summed E-state index contributed by atoms with van der Waals surface area (Å²) >= 11 is 0. The molecule has 0 radical (unpaired) electrons. The Morgan fingerprint density at radius 2 is 2.06 bits per heavy atom. The second-order valence-electron chi connectivity index (χ2n) is 4.56. The third-order valence-electron chi connectivity index (χ3n) is 2.89. The topological polar surface area (TPSA) is 109 Å². The molecule has 2 rings (SSSR count). The highest BCUT2D eigenvalue weighted by Gasteiger charge is 2.46. The fraction of sp³-hybridized carbons (Fsp3) is 0.364. The Morgan fingerprint density at radius 3 is 2.56 bits per heavy atom. The van der Waals surface area contributed by atoms with Crippen LogP contribution in [0.4, 0.5) is 5.69 Å². The molecule has 7 heteroatoms. The fourth-order valence-electron chi connectivity index (χ4n) is 1.45. The lowest BCUT2D eigenvalue weighted by molar-refractivity contribution is -0.118. The Labute approximate surface area is 105 Å². The van der Waals surface area contributed by atoms with Gasteiger partial charge in [-0.25, -0.2) is 8.42 Å². The second-order valence-corrected chi connectivity index (χ2v) is 6.58. The van der Waals surface area contributed by atoms with Crippen LogP contribution < -0.4 is 11.1 Å². The van der Waals surface area contributed by atoms with Crippen LogP contribution in [0.1, 0.15) is 12.8 Å². The van der Waals surface area contributed by atoms with Crippen molar-refractivity contribution in [1.82, 2.24) is 0 Å². The maximum atomic E-state index is 11.7. The molecule has 1 aliphatic rings. The SMILES string of the molecule is CS(=O)(=O)c1ccc(O)c(NC(=O)C2(N)CC2)c1. The van der Waals surface area contributed by atoms with Crippen LogP contribution in [0.2, 0.25) is 0 Å². The number of sulfone groups is 1. The molecule has 98 valence electrons. The lowest BCUT2D eigenvalue weighted by Crippen LogP contribution is -2.37. The van der Waals surface area contributed by atoms with Crippen LogP contribution in [-0.2, 0) is 14.6 Å². The third kappa shape index (κ3) is 2.46. The average Bonchev–Trinajstić information content (AvgIpc) is 2.99. The zero-order chi connectivity index (χ0) is 13.6. The summed E-state index contributed by atoms with van der Waals surface area (Å²) in [7, 11) is -3.39. The van der Waals surface area contributed by atoms with E-state index >= 15 is 0 Å². The molecule has 0 spiro atoms. The number of nitrogens with one attached hydrogen (secondary N) is 1. The normalized spacial score (nSPS) is 17.2. The summed E-state index contributed by atoms with van der Waals surface area (Å²) in [6.45, 7) is 0. The number of carbonyl (C=O) groups is 1. The molecule has 1 aromatic carbocycles. The minimum absolute atomic E-state index is 0.0254. The van der Waals surface area contributed by atoms with Gasteiger partial charge in [0.25, 0.3) is 0 Å². The van der Waals surface area contributed by atoms with E-state index in [0.717, 1.165) is 6.26 Å². The zero-order valence-electron chi connectivity index (χ0n) is 9.80. The molecule has 4 N–H and O–H groups in total. The van der Waals surface area contributed by atoms with E-state index in [1.54, 1.807) is 0 Å². The highest BCUT2D eigenvalue weighted by atomic mass is 32.2. The van der Waals surface area contributed by atoms with Crippen LogP contribution in [0.5, 0.6) is 5.75 Å². The number of hydrogen-bond acceptors (Lipinski definition) is 5. The molecule has 0 unspecified atom stereocenters. The zero-order valence-corrected chi connectivity index (χ0v) is 10.6. The van der Waals surface area contributed by atoms with Crippen LogP contribution in [-0.4, -0.2) is 31.2 Å². The van der Waals surface area contributed by atoms with Gasteiger partial charge in [-0.3, -0.25) is 4.79 Å². The van der Waals surface area contributed by atoms with Crippen molar-refractivity contribution in [2.24, 2.45) is 5.73 Å². The number of hydrogen-bond donors (Lipinski definition) is 3. The molecule has 0 aromatic heterocycles. The van der Waals surface area contributed by atoms with Crippen molar-refractivity contribution in [3.8, 4) is 5.75 Å². The molecule has 1 fully saturated rings. The second kappa shape index (κ2) is 3.96. The van der Waals surface area contributed by atoms with Gasteiger partial charge in [0, 0.05) is 6.26 Å². The van der Waals surface area contributed by atoms with E-state index in [0.29, 0.717) is 12.8 Å². The number of phenolic OH excluding ortho intramolecular Hbond substituents is 1. The van der Waals surface area contributed by atoms with E-state index in [1.807, 2.05) is 0 Å². The predicted octanol–water partition coefficient (Wildman–Crippen LogP) is 0.225. The number of phenols is 1. The Kier molecular flexibility index (Phi) is 2.83. The van der Waals surface area contributed by atoms with Gasteiger partial charge < -0.3 is 16.2 Å². The number of amides is 1. The minimum atomic E-state index is -3.39. The van der Waals surface area contributed by atoms with Crippen LogP contribution in [0, 0.1) is 0 Å². The fourth-order valence-corrected chi connectivity index (χ4v) is 2.10. The first kappa shape index (κ1) is 12.8. The first-order valence-electron chi connectivity index (χ1n) is 5.36. The number of aromatic hydroxyl groups is 1. The van der Waals surface area contributed by atoms with Gasteiger partial charge in [0.1, 0.15) is 5.75 Å². The maximum Gasteiger partial charge on any atom is 0.244 e. The van der Waals surface area contributed by atoms with Crippen molar-refractivity contribution in [2.75, 3.05) is 11.6 Å². The van der Waals surface area contributed by atoms with Crippen molar-refractivity contribution in [3.05, 3.63) is 18.2 Å². The van der Waals surface area contributed by atoms with Crippen molar-refractivity contribution < 1.29 is 18.3 Å². The monoisotopic (exact) mass is 270 g/mol. The largest absolute Gasteiger partial charge is 0.506 e. The average molecular weight is 270 g/mol. The van der Waals surface area contributed by atoms with E-state index in [1.165, 1.54) is 18.2 Å². The summed E-state index contributed by atoms with van der Waals surface area (Å²) in [6.07, 6.45) is 2.23.